The van der Waals surface area contributed by atoms with Crippen molar-refractivity contribution in [3.05, 3.63) is 58.2 Å². The Morgan fingerprint density at radius 2 is 2.20 bits per heavy atom. The van der Waals surface area contributed by atoms with E-state index in [1.807, 2.05) is 12.1 Å². The number of amides is 1. The first-order valence-electron chi connectivity index (χ1n) is 5.79. The number of anilines is 1. The summed E-state index contributed by atoms with van der Waals surface area (Å²) in [5.41, 5.74) is 6.97. The zero-order valence-electron chi connectivity index (χ0n) is 10.4. The highest BCUT2D eigenvalue weighted by molar-refractivity contribution is 6.33. The smallest absolute Gasteiger partial charge is 0.271 e. The maximum absolute atomic E-state index is 12.0. The van der Waals surface area contributed by atoms with Gasteiger partial charge >= 0.3 is 0 Å². The molecule has 2 rings (SSSR count). The lowest BCUT2D eigenvalue weighted by atomic mass is 10.1. The van der Waals surface area contributed by atoms with E-state index in [9.17, 15) is 4.79 Å². The van der Waals surface area contributed by atoms with Crippen LogP contribution in [0.4, 0.5) is 5.82 Å². The maximum Gasteiger partial charge on any atom is 0.271 e. The Morgan fingerprint density at radius 1 is 1.40 bits per heavy atom. The second-order valence-electron chi connectivity index (χ2n) is 4.06. The van der Waals surface area contributed by atoms with Crippen molar-refractivity contribution in [3.8, 4) is 6.07 Å². The predicted octanol–water partition coefficient (Wildman–Crippen LogP) is 2.12. The highest BCUT2D eigenvalue weighted by Gasteiger charge is 2.12. The molecule has 1 aromatic carbocycles. The number of nitrogens with two attached hydrogens (primary N) is 1. The van der Waals surface area contributed by atoms with Gasteiger partial charge in [0.1, 0.15) is 11.5 Å². The number of nitrogens with zero attached hydrogens (tertiary/aromatic N) is 2. The Kier molecular flexibility index (Phi) is 4.18. The zero-order chi connectivity index (χ0) is 14.5. The minimum absolute atomic E-state index is 0.0862. The minimum Gasteiger partial charge on any atom is -0.384 e. The summed E-state index contributed by atoms with van der Waals surface area (Å²) < 4.78 is 0. The molecule has 1 amide bonds. The predicted molar refractivity (Wildman–Crippen MR) is 76.0 cm³/mol. The van der Waals surface area contributed by atoms with E-state index in [0.717, 1.165) is 5.56 Å². The second-order valence-corrected chi connectivity index (χ2v) is 4.47. The molecule has 0 radical (unpaired) electrons. The van der Waals surface area contributed by atoms with Crippen molar-refractivity contribution in [1.82, 2.24) is 10.3 Å². The Labute approximate surface area is 121 Å². The van der Waals surface area contributed by atoms with Crippen LogP contribution in [0.15, 0.2) is 36.4 Å². The number of pyridine rings is 1. The molecule has 5 nitrogen and oxygen atoms in total. The fourth-order valence-corrected chi connectivity index (χ4v) is 1.82. The molecule has 0 saturated heterocycles. The van der Waals surface area contributed by atoms with E-state index >= 15 is 0 Å². The summed E-state index contributed by atoms with van der Waals surface area (Å²) in [5.74, 6) is -0.185. The number of hydrogen-bond acceptors (Lipinski definition) is 4. The number of rotatable bonds is 3. The van der Waals surface area contributed by atoms with Gasteiger partial charge in [0.15, 0.2) is 0 Å². The van der Waals surface area contributed by atoms with Gasteiger partial charge in [0.25, 0.3) is 5.91 Å². The highest BCUT2D eigenvalue weighted by atomic mass is 35.5. The maximum atomic E-state index is 12.0. The number of nitrogen functional groups attached to an aromatic ring is 1. The molecule has 0 atom stereocenters. The molecule has 6 heteroatoms. The summed E-state index contributed by atoms with van der Waals surface area (Å²) in [6, 6.07) is 12.1. The molecule has 2 aromatic rings. The average Bonchev–Trinajstić information content (AvgIpc) is 2.47. The molecule has 1 heterocycles. The first-order valence-corrected chi connectivity index (χ1v) is 6.17. The lowest BCUT2D eigenvalue weighted by molar-refractivity contribution is 0.0946. The highest BCUT2D eigenvalue weighted by Crippen LogP contribution is 2.15. The summed E-state index contributed by atoms with van der Waals surface area (Å²) in [7, 11) is 0. The SMILES string of the molecule is N#Cc1cccc(CNC(=O)c2nc(N)ccc2Cl)c1. The molecule has 0 unspecified atom stereocenters. The van der Waals surface area contributed by atoms with E-state index in [2.05, 4.69) is 10.3 Å². The van der Waals surface area contributed by atoms with Crippen LogP contribution in [0.5, 0.6) is 0 Å². The van der Waals surface area contributed by atoms with Crippen LogP contribution >= 0.6 is 11.6 Å². The van der Waals surface area contributed by atoms with Gasteiger partial charge < -0.3 is 11.1 Å². The summed E-state index contributed by atoms with van der Waals surface area (Å²) in [4.78, 5) is 15.9. The third kappa shape index (κ3) is 3.25. The molecule has 3 N–H and O–H groups in total. The van der Waals surface area contributed by atoms with Gasteiger partial charge in [-0.05, 0) is 29.8 Å². The molecule has 0 saturated carbocycles. The van der Waals surface area contributed by atoms with E-state index in [4.69, 9.17) is 22.6 Å². The van der Waals surface area contributed by atoms with Crippen LogP contribution < -0.4 is 11.1 Å². The topological polar surface area (TPSA) is 91.8 Å². The van der Waals surface area contributed by atoms with Crippen molar-refractivity contribution in [2.24, 2.45) is 0 Å². The summed E-state index contributed by atoms with van der Waals surface area (Å²) >= 11 is 5.90. The molecule has 0 aliphatic rings. The summed E-state index contributed by atoms with van der Waals surface area (Å²) in [5, 5.41) is 11.7. The van der Waals surface area contributed by atoms with Crippen molar-refractivity contribution in [2.75, 3.05) is 5.73 Å². The number of hydrogen-bond donors (Lipinski definition) is 2. The zero-order valence-corrected chi connectivity index (χ0v) is 11.2. The van der Waals surface area contributed by atoms with Crippen molar-refractivity contribution < 1.29 is 4.79 Å². The van der Waals surface area contributed by atoms with E-state index < -0.39 is 5.91 Å². The Bertz CT molecular complexity index is 694. The van der Waals surface area contributed by atoms with Crippen LogP contribution in [0.25, 0.3) is 0 Å². The summed E-state index contributed by atoms with van der Waals surface area (Å²) in [6.45, 7) is 0.279. The van der Waals surface area contributed by atoms with Crippen molar-refractivity contribution in [2.45, 2.75) is 6.54 Å². The van der Waals surface area contributed by atoms with Gasteiger partial charge in [-0.25, -0.2) is 4.98 Å². The molecule has 1 aromatic heterocycles. The van der Waals surface area contributed by atoms with Gasteiger partial charge in [-0.2, -0.15) is 5.26 Å². The Balaban J connectivity index is 2.09. The van der Waals surface area contributed by atoms with Crippen LogP contribution in [0, 0.1) is 11.3 Å². The number of carbonyl (C=O) groups is 1. The van der Waals surface area contributed by atoms with E-state index in [-0.39, 0.29) is 23.1 Å². The number of carbonyl (C=O) groups excluding carboxylic acids is 1. The molecule has 0 aliphatic carbocycles. The van der Waals surface area contributed by atoms with Crippen molar-refractivity contribution in [1.29, 1.82) is 5.26 Å². The largest absolute Gasteiger partial charge is 0.384 e. The summed E-state index contributed by atoms with van der Waals surface area (Å²) in [6.07, 6.45) is 0. The normalized spacial score (nSPS) is 9.80. The molecule has 0 bridgehead atoms. The third-order valence-electron chi connectivity index (χ3n) is 2.59. The van der Waals surface area contributed by atoms with Crippen LogP contribution in [-0.2, 0) is 6.54 Å². The molecule has 0 spiro atoms. The first-order chi connectivity index (χ1) is 9.60. The molecule has 20 heavy (non-hydrogen) atoms. The molecular formula is C14H11ClN4O. The van der Waals surface area contributed by atoms with E-state index in [0.29, 0.717) is 5.56 Å². The van der Waals surface area contributed by atoms with Gasteiger partial charge in [-0.1, -0.05) is 23.7 Å². The van der Waals surface area contributed by atoms with Gasteiger partial charge in [-0.3, -0.25) is 4.79 Å². The lowest BCUT2D eigenvalue weighted by Crippen LogP contribution is -2.24. The number of nitrogens with one attached hydrogen (secondary N) is 1. The lowest BCUT2D eigenvalue weighted by Gasteiger charge is -2.07. The van der Waals surface area contributed by atoms with E-state index in [1.54, 1.807) is 18.2 Å². The van der Waals surface area contributed by atoms with Gasteiger partial charge in [0.05, 0.1) is 16.7 Å². The van der Waals surface area contributed by atoms with Gasteiger partial charge in [-0.15, -0.1) is 0 Å². The Morgan fingerprint density at radius 3 is 2.95 bits per heavy atom. The molecular weight excluding hydrogens is 276 g/mol. The van der Waals surface area contributed by atoms with E-state index in [1.165, 1.54) is 12.1 Å². The molecule has 0 aliphatic heterocycles. The van der Waals surface area contributed by atoms with Crippen LogP contribution in [0.3, 0.4) is 0 Å². The average molecular weight is 287 g/mol. The standard InChI is InChI=1S/C14H11ClN4O/c15-11-4-5-12(17)19-13(11)14(20)18-8-10-3-1-2-9(6-10)7-16/h1-6H,8H2,(H2,17,19)(H,18,20). The number of benzene rings is 1. The molecule has 100 valence electrons. The third-order valence-corrected chi connectivity index (χ3v) is 2.90. The number of nitriles is 1. The number of aromatic nitrogens is 1. The Hall–Kier alpha value is -2.58. The number of halogens is 1. The fraction of sp³-hybridized carbons (Fsp3) is 0.0714. The molecule has 0 fully saturated rings. The van der Waals surface area contributed by atoms with Crippen molar-refractivity contribution >= 4 is 23.3 Å². The first kappa shape index (κ1) is 13.8. The van der Waals surface area contributed by atoms with Crippen molar-refractivity contribution in [3.63, 3.8) is 0 Å². The van der Waals surface area contributed by atoms with Crippen LogP contribution in [0.2, 0.25) is 5.02 Å². The van der Waals surface area contributed by atoms with Crippen LogP contribution in [-0.4, -0.2) is 10.9 Å². The second kappa shape index (κ2) is 6.04. The fourth-order valence-electron chi connectivity index (χ4n) is 1.63. The van der Waals surface area contributed by atoms with Gasteiger partial charge in [0, 0.05) is 6.54 Å². The quantitative estimate of drug-likeness (QED) is 0.904. The van der Waals surface area contributed by atoms with Crippen LogP contribution in [0.1, 0.15) is 21.6 Å². The van der Waals surface area contributed by atoms with Gasteiger partial charge in [0.2, 0.25) is 0 Å². The minimum atomic E-state index is -0.412. The monoisotopic (exact) mass is 286 g/mol.